The minimum absolute atomic E-state index is 1.20. The summed E-state index contributed by atoms with van der Waals surface area (Å²) in [7, 11) is 0. The fourth-order valence-electron chi connectivity index (χ4n) is 5.38. The highest BCUT2D eigenvalue weighted by Crippen LogP contribution is 2.15. The van der Waals surface area contributed by atoms with Crippen LogP contribution in [-0.4, -0.2) is 0 Å². The van der Waals surface area contributed by atoms with Gasteiger partial charge in [0.1, 0.15) is 0 Å². The van der Waals surface area contributed by atoms with Crippen molar-refractivity contribution in [3.8, 4) is 0 Å². The molecule has 0 amide bonds. The van der Waals surface area contributed by atoms with Crippen molar-refractivity contribution in [2.75, 3.05) is 0 Å². The Kier molecular flexibility index (Phi) is 41.3. The molecule has 0 atom stereocenters. The number of allylic oxidation sites excluding steroid dienone is 4. The van der Waals surface area contributed by atoms with Crippen molar-refractivity contribution in [2.24, 2.45) is 0 Å². The molecule has 0 saturated heterocycles. The highest BCUT2D eigenvalue weighted by atomic mass is 14.0. The third kappa shape index (κ3) is 42.1. The van der Waals surface area contributed by atoms with E-state index < -0.39 is 0 Å². The molecule has 0 N–H and O–H groups in total. The molecule has 0 aliphatic carbocycles. The smallest absolute Gasteiger partial charge is 0.0323 e. The topological polar surface area (TPSA) is 0 Å². The van der Waals surface area contributed by atoms with Crippen molar-refractivity contribution in [1.29, 1.82) is 0 Å². The van der Waals surface area contributed by atoms with Crippen molar-refractivity contribution in [2.45, 2.75) is 227 Å². The number of hydrogen-bond acceptors (Lipinski definition) is 0. The number of unbranched alkanes of at least 4 members (excludes halogenated alkanes) is 25. The normalized spacial score (nSPS) is 11.8. The first-order chi connectivity index (χ1) is 19.2. The van der Waals surface area contributed by atoms with Gasteiger partial charge in [-0.3, -0.25) is 0 Å². The van der Waals surface area contributed by atoms with Gasteiger partial charge >= 0.3 is 0 Å². The highest BCUT2D eigenvalue weighted by molar-refractivity contribution is 4.96. The quantitative estimate of drug-likeness (QED) is 0.0620. The lowest BCUT2D eigenvalue weighted by atomic mass is 10.0. The monoisotopic (exact) mass is 547 g/mol. The van der Waals surface area contributed by atoms with E-state index in [1.165, 1.54) is 193 Å². The summed E-state index contributed by atoms with van der Waals surface area (Å²) in [6.07, 6.45) is 49.7. The SMILES string of the molecule is CC/C=C(\C)CCCCCCCCCCCCCC.CCC/C=C/CCCCCCCCCCCCCCC. The summed E-state index contributed by atoms with van der Waals surface area (Å²) in [5.74, 6) is 0. The molecule has 0 rings (SSSR count). The summed E-state index contributed by atoms with van der Waals surface area (Å²) in [5, 5.41) is 0. The minimum atomic E-state index is 1.20. The minimum Gasteiger partial charge on any atom is -0.0885 e. The van der Waals surface area contributed by atoms with Crippen molar-refractivity contribution in [3.05, 3.63) is 23.8 Å². The van der Waals surface area contributed by atoms with Crippen LogP contribution in [-0.2, 0) is 0 Å². The highest BCUT2D eigenvalue weighted by Gasteiger charge is 1.95. The summed E-state index contributed by atoms with van der Waals surface area (Å²) >= 11 is 0. The van der Waals surface area contributed by atoms with Gasteiger partial charge in [0.2, 0.25) is 0 Å². The predicted octanol–water partition coefficient (Wildman–Crippen LogP) is 15.3. The van der Waals surface area contributed by atoms with E-state index in [0.717, 1.165) is 0 Å². The zero-order valence-electron chi connectivity index (χ0n) is 28.4. The van der Waals surface area contributed by atoms with Crippen LogP contribution in [0.2, 0.25) is 0 Å². The molecule has 0 spiro atoms. The second-order valence-electron chi connectivity index (χ2n) is 12.4. The van der Waals surface area contributed by atoms with Crippen LogP contribution in [0.1, 0.15) is 227 Å². The second kappa shape index (κ2) is 39.6. The Morgan fingerprint density at radius 2 is 0.692 bits per heavy atom. The molecule has 0 unspecified atom stereocenters. The van der Waals surface area contributed by atoms with E-state index in [-0.39, 0.29) is 0 Å². The number of rotatable bonds is 30. The molecular weight excluding hydrogens is 468 g/mol. The van der Waals surface area contributed by atoms with Crippen LogP contribution in [0.3, 0.4) is 0 Å². The Labute approximate surface area is 250 Å². The van der Waals surface area contributed by atoms with Gasteiger partial charge < -0.3 is 0 Å². The predicted molar refractivity (Wildman–Crippen MR) is 184 cm³/mol. The molecule has 0 fully saturated rings. The Morgan fingerprint density at radius 3 is 1.05 bits per heavy atom. The van der Waals surface area contributed by atoms with Crippen molar-refractivity contribution in [3.63, 3.8) is 0 Å². The maximum absolute atomic E-state index is 2.38. The lowest BCUT2D eigenvalue weighted by Crippen LogP contribution is -1.83. The van der Waals surface area contributed by atoms with E-state index in [1.54, 1.807) is 5.57 Å². The van der Waals surface area contributed by atoms with Crippen LogP contribution in [0.15, 0.2) is 23.8 Å². The lowest BCUT2D eigenvalue weighted by molar-refractivity contribution is 0.540. The Balaban J connectivity index is 0. The maximum Gasteiger partial charge on any atom is -0.0323 e. The van der Waals surface area contributed by atoms with Gasteiger partial charge in [-0.25, -0.2) is 0 Å². The molecule has 0 heterocycles. The van der Waals surface area contributed by atoms with Crippen LogP contribution in [0.25, 0.3) is 0 Å². The van der Waals surface area contributed by atoms with Gasteiger partial charge in [-0.15, -0.1) is 0 Å². The molecule has 0 radical (unpaired) electrons. The van der Waals surface area contributed by atoms with E-state index in [9.17, 15) is 0 Å². The van der Waals surface area contributed by atoms with Crippen LogP contribution in [0, 0.1) is 0 Å². The molecular formula is C39H78. The second-order valence-corrected chi connectivity index (χ2v) is 12.4. The third-order valence-electron chi connectivity index (χ3n) is 8.07. The van der Waals surface area contributed by atoms with Crippen LogP contribution >= 0.6 is 0 Å². The molecule has 0 aromatic heterocycles. The van der Waals surface area contributed by atoms with Gasteiger partial charge in [0.25, 0.3) is 0 Å². The third-order valence-corrected chi connectivity index (χ3v) is 8.07. The van der Waals surface area contributed by atoms with E-state index in [4.69, 9.17) is 0 Å². The summed E-state index contributed by atoms with van der Waals surface area (Å²) in [5.41, 5.74) is 1.59. The lowest BCUT2D eigenvalue weighted by Gasteiger charge is -2.03. The molecule has 0 nitrogen and oxygen atoms in total. The molecule has 234 valence electrons. The fraction of sp³-hybridized carbons (Fsp3) is 0.897. The molecule has 0 aliphatic heterocycles. The zero-order valence-corrected chi connectivity index (χ0v) is 28.4. The first kappa shape index (κ1) is 40.6. The average Bonchev–Trinajstić information content (AvgIpc) is 2.94. The van der Waals surface area contributed by atoms with Gasteiger partial charge in [-0.1, -0.05) is 206 Å². The zero-order chi connectivity index (χ0) is 28.9. The first-order valence-electron chi connectivity index (χ1n) is 18.5. The Morgan fingerprint density at radius 1 is 0.359 bits per heavy atom. The summed E-state index contributed by atoms with van der Waals surface area (Å²) in [6, 6.07) is 0. The van der Waals surface area contributed by atoms with Crippen molar-refractivity contribution in [1.82, 2.24) is 0 Å². The van der Waals surface area contributed by atoms with Gasteiger partial charge in [-0.05, 0) is 45.4 Å². The standard InChI is InChI=1S/C20H40.C19H38/c1-3-5-7-9-11-13-15-17-19-20-18-16-14-12-10-8-6-4-2;1-4-6-7-8-9-10-11-12-13-14-15-16-18-19(3)17-5-2/h7,9H,3-6,8,10-20H2,1-2H3;17H,4-16,18H2,1-3H3/b9-7+;19-17+. The van der Waals surface area contributed by atoms with E-state index in [1.807, 2.05) is 0 Å². The fourth-order valence-corrected chi connectivity index (χ4v) is 5.38. The molecule has 0 aromatic carbocycles. The van der Waals surface area contributed by atoms with E-state index >= 15 is 0 Å². The Bertz CT molecular complexity index is 457. The van der Waals surface area contributed by atoms with E-state index in [2.05, 4.69) is 52.8 Å². The van der Waals surface area contributed by atoms with Crippen LogP contribution in [0.5, 0.6) is 0 Å². The summed E-state index contributed by atoms with van der Waals surface area (Å²) < 4.78 is 0. The average molecular weight is 547 g/mol. The van der Waals surface area contributed by atoms with Gasteiger partial charge in [0.05, 0.1) is 0 Å². The van der Waals surface area contributed by atoms with Crippen LogP contribution in [0.4, 0.5) is 0 Å². The van der Waals surface area contributed by atoms with Gasteiger partial charge in [-0.2, -0.15) is 0 Å². The Hall–Kier alpha value is -0.520. The molecule has 0 saturated carbocycles. The van der Waals surface area contributed by atoms with Crippen molar-refractivity contribution < 1.29 is 0 Å². The van der Waals surface area contributed by atoms with Gasteiger partial charge in [0, 0.05) is 0 Å². The summed E-state index contributed by atoms with van der Waals surface area (Å²) in [4.78, 5) is 0. The molecule has 0 aromatic rings. The maximum atomic E-state index is 2.38. The van der Waals surface area contributed by atoms with Gasteiger partial charge in [0.15, 0.2) is 0 Å². The first-order valence-corrected chi connectivity index (χ1v) is 18.5. The largest absolute Gasteiger partial charge is 0.0885 e. The molecule has 0 heteroatoms. The summed E-state index contributed by atoms with van der Waals surface area (Å²) in [6.45, 7) is 11.3. The molecule has 0 bridgehead atoms. The van der Waals surface area contributed by atoms with Crippen LogP contribution < -0.4 is 0 Å². The molecule has 39 heavy (non-hydrogen) atoms. The van der Waals surface area contributed by atoms with E-state index in [0.29, 0.717) is 0 Å². The number of hydrogen-bond donors (Lipinski definition) is 0. The molecule has 0 aliphatic rings. The van der Waals surface area contributed by atoms with Crippen molar-refractivity contribution >= 4 is 0 Å².